The summed E-state index contributed by atoms with van der Waals surface area (Å²) in [5.41, 5.74) is 8.03. The molecule has 5 nitrogen and oxygen atoms in total. The van der Waals surface area contributed by atoms with Crippen molar-refractivity contribution < 1.29 is 8.42 Å². The minimum absolute atomic E-state index is 0.150. The molecule has 1 atom stereocenters. The van der Waals surface area contributed by atoms with Crippen molar-refractivity contribution in [3.63, 3.8) is 0 Å². The summed E-state index contributed by atoms with van der Waals surface area (Å²) in [6.07, 6.45) is 0.266. The standard InChI is InChI=1S/C12H17N3O2S/c1-3-11(7-13)18(16,17)15-8-10-5-4-6-12(14)9(10)2/h4-6,11,15H,3,8,14H2,1-2H3. The van der Waals surface area contributed by atoms with Gasteiger partial charge in [0.1, 0.15) is 0 Å². The highest BCUT2D eigenvalue weighted by molar-refractivity contribution is 7.90. The van der Waals surface area contributed by atoms with Crippen LogP contribution in [0.1, 0.15) is 24.5 Å². The van der Waals surface area contributed by atoms with E-state index in [2.05, 4.69) is 4.72 Å². The third-order valence-electron chi connectivity index (χ3n) is 2.84. The number of sulfonamides is 1. The van der Waals surface area contributed by atoms with Gasteiger partial charge in [0.2, 0.25) is 10.0 Å². The summed E-state index contributed by atoms with van der Waals surface area (Å²) in [6, 6.07) is 7.12. The second kappa shape index (κ2) is 5.85. The monoisotopic (exact) mass is 267 g/mol. The average molecular weight is 267 g/mol. The number of benzene rings is 1. The van der Waals surface area contributed by atoms with Gasteiger partial charge < -0.3 is 5.73 Å². The predicted molar refractivity (Wildman–Crippen MR) is 71.0 cm³/mol. The lowest BCUT2D eigenvalue weighted by Gasteiger charge is -2.12. The quantitative estimate of drug-likeness (QED) is 0.786. The Labute approximate surface area is 108 Å². The van der Waals surface area contributed by atoms with Crippen molar-refractivity contribution in [1.82, 2.24) is 4.72 Å². The lowest BCUT2D eigenvalue weighted by Crippen LogP contribution is -2.32. The summed E-state index contributed by atoms with van der Waals surface area (Å²) in [7, 11) is -3.60. The first kappa shape index (κ1) is 14.5. The highest BCUT2D eigenvalue weighted by atomic mass is 32.2. The van der Waals surface area contributed by atoms with E-state index in [1.54, 1.807) is 25.1 Å². The zero-order valence-electron chi connectivity index (χ0n) is 10.5. The minimum atomic E-state index is -3.60. The van der Waals surface area contributed by atoms with Crippen molar-refractivity contribution >= 4 is 15.7 Å². The maximum Gasteiger partial charge on any atom is 0.228 e. The van der Waals surface area contributed by atoms with Gasteiger partial charge >= 0.3 is 0 Å². The van der Waals surface area contributed by atoms with Gasteiger partial charge in [-0.15, -0.1) is 0 Å². The fourth-order valence-corrected chi connectivity index (χ4v) is 2.69. The number of nitrogens with zero attached hydrogens (tertiary/aromatic N) is 1. The van der Waals surface area contributed by atoms with E-state index in [1.807, 2.05) is 13.0 Å². The molecule has 1 aromatic rings. The van der Waals surface area contributed by atoms with E-state index in [1.165, 1.54) is 0 Å². The van der Waals surface area contributed by atoms with Crippen molar-refractivity contribution in [2.24, 2.45) is 0 Å². The fourth-order valence-electron chi connectivity index (χ4n) is 1.55. The maximum absolute atomic E-state index is 11.8. The van der Waals surface area contributed by atoms with E-state index in [0.29, 0.717) is 5.69 Å². The van der Waals surface area contributed by atoms with Crippen LogP contribution in [0.4, 0.5) is 5.69 Å². The molecule has 0 bridgehead atoms. The Bertz CT molecular complexity index is 561. The molecule has 3 N–H and O–H groups in total. The number of nitrogen functional groups attached to an aromatic ring is 1. The van der Waals surface area contributed by atoms with Crippen LogP contribution in [0.25, 0.3) is 0 Å². The molecule has 0 aliphatic rings. The molecule has 0 saturated heterocycles. The number of nitriles is 1. The highest BCUT2D eigenvalue weighted by Crippen LogP contribution is 2.15. The third kappa shape index (κ3) is 3.22. The molecule has 0 aliphatic carbocycles. The van der Waals surface area contributed by atoms with E-state index in [4.69, 9.17) is 11.0 Å². The first-order valence-electron chi connectivity index (χ1n) is 5.64. The summed E-state index contributed by atoms with van der Waals surface area (Å²) in [5.74, 6) is 0. The minimum Gasteiger partial charge on any atom is -0.399 e. The molecule has 0 saturated carbocycles. The summed E-state index contributed by atoms with van der Waals surface area (Å²) in [5, 5.41) is 7.75. The van der Waals surface area contributed by atoms with Gasteiger partial charge in [-0.05, 0) is 30.5 Å². The topological polar surface area (TPSA) is 96.0 Å². The fraction of sp³-hybridized carbons (Fsp3) is 0.417. The second-order valence-electron chi connectivity index (χ2n) is 4.02. The summed E-state index contributed by atoms with van der Waals surface area (Å²) < 4.78 is 26.0. The second-order valence-corrected chi connectivity index (χ2v) is 5.97. The largest absolute Gasteiger partial charge is 0.399 e. The number of hydrogen-bond donors (Lipinski definition) is 2. The first-order chi connectivity index (χ1) is 8.42. The van der Waals surface area contributed by atoms with E-state index < -0.39 is 15.3 Å². The molecule has 1 unspecified atom stereocenters. The normalized spacial score (nSPS) is 12.9. The maximum atomic E-state index is 11.8. The van der Waals surface area contributed by atoms with Gasteiger partial charge in [0, 0.05) is 12.2 Å². The summed E-state index contributed by atoms with van der Waals surface area (Å²) >= 11 is 0. The molecule has 0 fully saturated rings. The van der Waals surface area contributed by atoms with Gasteiger partial charge in [0.05, 0.1) is 6.07 Å². The molecule has 98 valence electrons. The van der Waals surface area contributed by atoms with Crippen molar-refractivity contribution in [2.75, 3.05) is 5.73 Å². The van der Waals surface area contributed by atoms with Gasteiger partial charge in [0.15, 0.2) is 5.25 Å². The van der Waals surface area contributed by atoms with E-state index in [0.717, 1.165) is 11.1 Å². The number of nitrogens with one attached hydrogen (secondary N) is 1. The van der Waals surface area contributed by atoms with Crippen LogP contribution in [-0.4, -0.2) is 13.7 Å². The van der Waals surface area contributed by atoms with Crippen LogP contribution in [0.3, 0.4) is 0 Å². The van der Waals surface area contributed by atoms with Gasteiger partial charge in [-0.3, -0.25) is 0 Å². The number of nitrogens with two attached hydrogens (primary N) is 1. The molecule has 0 aromatic heterocycles. The van der Waals surface area contributed by atoms with Gasteiger partial charge in [-0.25, -0.2) is 13.1 Å². The predicted octanol–water partition coefficient (Wildman–Crippen LogP) is 1.30. The lowest BCUT2D eigenvalue weighted by atomic mass is 10.1. The molecule has 0 spiro atoms. The molecule has 1 aromatic carbocycles. The van der Waals surface area contributed by atoms with E-state index >= 15 is 0 Å². The Morgan fingerprint density at radius 3 is 2.72 bits per heavy atom. The van der Waals surface area contributed by atoms with Gasteiger partial charge in [0.25, 0.3) is 0 Å². The molecule has 0 radical (unpaired) electrons. The molecule has 18 heavy (non-hydrogen) atoms. The molecular weight excluding hydrogens is 250 g/mol. The van der Waals surface area contributed by atoms with Crippen LogP contribution in [0.5, 0.6) is 0 Å². The molecule has 0 heterocycles. The lowest BCUT2D eigenvalue weighted by molar-refractivity contribution is 0.572. The van der Waals surface area contributed by atoms with Crippen molar-refractivity contribution in [2.45, 2.75) is 32.1 Å². The van der Waals surface area contributed by atoms with Gasteiger partial charge in [-0.1, -0.05) is 19.1 Å². The van der Waals surface area contributed by atoms with Crippen LogP contribution in [0, 0.1) is 18.3 Å². The zero-order valence-corrected chi connectivity index (χ0v) is 11.3. The van der Waals surface area contributed by atoms with Crippen LogP contribution in [-0.2, 0) is 16.6 Å². The average Bonchev–Trinajstić information content (AvgIpc) is 2.32. The number of hydrogen-bond acceptors (Lipinski definition) is 4. The van der Waals surface area contributed by atoms with Gasteiger partial charge in [-0.2, -0.15) is 5.26 Å². The Kier molecular flexibility index (Phi) is 4.70. The van der Waals surface area contributed by atoms with Crippen LogP contribution < -0.4 is 10.5 Å². The number of anilines is 1. The smallest absolute Gasteiger partial charge is 0.228 e. The van der Waals surface area contributed by atoms with Crippen molar-refractivity contribution in [3.05, 3.63) is 29.3 Å². The Balaban J connectivity index is 2.83. The summed E-state index contributed by atoms with van der Waals surface area (Å²) in [6.45, 7) is 3.65. The van der Waals surface area contributed by atoms with Crippen LogP contribution >= 0.6 is 0 Å². The van der Waals surface area contributed by atoms with Crippen molar-refractivity contribution in [3.8, 4) is 6.07 Å². The first-order valence-corrected chi connectivity index (χ1v) is 7.19. The highest BCUT2D eigenvalue weighted by Gasteiger charge is 2.22. The Morgan fingerprint density at radius 1 is 1.50 bits per heavy atom. The van der Waals surface area contributed by atoms with E-state index in [9.17, 15) is 8.42 Å². The molecule has 0 amide bonds. The van der Waals surface area contributed by atoms with Crippen LogP contribution in [0.15, 0.2) is 18.2 Å². The summed E-state index contributed by atoms with van der Waals surface area (Å²) in [4.78, 5) is 0. The molecule has 1 rings (SSSR count). The zero-order chi connectivity index (χ0) is 13.8. The molecule has 0 aliphatic heterocycles. The molecule has 6 heteroatoms. The third-order valence-corrected chi connectivity index (χ3v) is 4.58. The Morgan fingerprint density at radius 2 is 2.17 bits per heavy atom. The van der Waals surface area contributed by atoms with Crippen LogP contribution in [0.2, 0.25) is 0 Å². The Hall–Kier alpha value is -1.58. The number of rotatable bonds is 5. The van der Waals surface area contributed by atoms with Crippen molar-refractivity contribution in [1.29, 1.82) is 5.26 Å². The SMILES string of the molecule is CCC(C#N)S(=O)(=O)NCc1cccc(N)c1C. The van der Waals surface area contributed by atoms with E-state index in [-0.39, 0.29) is 13.0 Å². The molecular formula is C12H17N3O2S.